The van der Waals surface area contributed by atoms with Crippen molar-refractivity contribution in [3.63, 3.8) is 0 Å². The second-order valence-corrected chi connectivity index (χ2v) is 8.70. The van der Waals surface area contributed by atoms with E-state index in [1.165, 1.54) is 15.4 Å². The first-order valence-electron chi connectivity index (χ1n) is 9.60. The lowest BCUT2D eigenvalue weighted by molar-refractivity contribution is -0.137. The lowest BCUT2D eigenvalue weighted by Crippen LogP contribution is -2.30. The maximum Gasteiger partial charge on any atom is 0.305 e. The lowest BCUT2D eigenvalue weighted by atomic mass is 10.2. The van der Waals surface area contributed by atoms with Gasteiger partial charge in [-0.15, -0.1) is 0 Å². The van der Waals surface area contributed by atoms with Crippen molar-refractivity contribution in [2.45, 2.75) is 19.9 Å². The summed E-state index contributed by atoms with van der Waals surface area (Å²) in [6, 6.07) is 7.14. The normalized spacial score (nSPS) is 15.2. The molecular formula is C21H18N4O5S2. The Hall–Kier alpha value is -3.44. The van der Waals surface area contributed by atoms with E-state index in [0.717, 1.165) is 17.3 Å². The monoisotopic (exact) mass is 470 g/mol. The molecule has 0 unspecified atom stereocenters. The minimum Gasteiger partial charge on any atom is -0.481 e. The van der Waals surface area contributed by atoms with Gasteiger partial charge in [-0.2, -0.15) is 0 Å². The Balaban J connectivity index is 1.75. The zero-order valence-electron chi connectivity index (χ0n) is 16.9. The molecule has 0 radical (unpaired) electrons. The van der Waals surface area contributed by atoms with Gasteiger partial charge >= 0.3 is 5.97 Å². The summed E-state index contributed by atoms with van der Waals surface area (Å²) in [6.45, 7) is 2.12. The summed E-state index contributed by atoms with van der Waals surface area (Å²) < 4.78 is 7.00. The van der Waals surface area contributed by atoms with E-state index >= 15 is 0 Å². The molecule has 0 aromatic carbocycles. The Bertz CT molecular complexity index is 1310. The highest BCUT2D eigenvalue weighted by Gasteiger charge is 2.32. The number of pyridine rings is 1. The van der Waals surface area contributed by atoms with Crippen LogP contribution in [0.15, 0.2) is 50.8 Å². The van der Waals surface area contributed by atoms with E-state index < -0.39 is 11.9 Å². The number of thiocarbonyl (C=S) groups is 1. The van der Waals surface area contributed by atoms with Crippen molar-refractivity contribution in [2.75, 3.05) is 11.9 Å². The average Bonchev–Trinajstić information content (AvgIpc) is 3.36. The van der Waals surface area contributed by atoms with Gasteiger partial charge in [-0.25, -0.2) is 4.98 Å². The molecule has 0 spiro atoms. The third-order valence-corrected chi connectivity index (χ3v) is 6.09. The number of carbonyl (C=O) groups excluding carboxylic acids is 1. The van der Waals surface area contributed by atoms with Gasteiger partial charge in [0, 0.05) is 12.7 Å². The summed E-state index contributed by atoms with van der Waals surface area (Å²) in [7, 11) is 0. The number of hydrogen-bond acceptors (Lipinski definition) is 8. The van der Waals surface area contributed by atoms with Crippen LogP contribution in [0.4, 0.5) is 5.82 Å². The number of rotatable bonds is 7. The van der Waals surface area contributed by atoms with Crippen LogP contribution in [0, 0.1) is 6.92 Å². The highest BCUT2D eigenvalue weighted by Crippen LogP contribution is 2.33. The van der Waals surface area contributed by atoms with Crippen LogP contribution in [-0.4, -0.2) is 42.1 Å². The molecule has 1 amide bonds. The van der Waals surface area contributed by atoms with Crippen LogP contribution < -0.4 is 10.9 Å². The van der Waals surface area contributed by atoms with E-state index in [1.807, 2.05) is 13.0 Å². The molecule has 2 N–H and O–H groups in total. The fourth-order valence-electron chi connectivity index (χ4n) is 3.14. The third-order valence-electron chi connectivity index (χ3n) is 4.71. The highest BCUT2D eigenvalue weighted by molar-refractivity contribution is 8.26. The van der Waals surface area contributed by atoms with Gasteiger partial charge in [0.15, 0.2) is 0 Å². The number of amides is 1. The largest absolute Gasteiger partial charge is 0.481 e. The molecule has 0 aliphatic carbocycles. The molecule has 4 rings (SSSR count). The number of nitrogens with zero attached hydrogens (tertiary/aromatic N) is 3. The molecule has 9 nitrogen and oxygen atoms in total. The molecule has 164 valence electrons. The summed E-state index contributed by atoms with van der Waals surface area (Å²) >= 11 is 6.26. The zero-order chi connectivity index (χ0) is 22.8. The number of carbonyl (C=O) groups is 2. The van der Waals surface area contributed by atoms with Crippen molar-refractivity contribution >= 4 is 57.7 Å². The number of hydrogen-bond donors (Lipinski definition) is 2. The topological polar surface area (TPSA) is 117 Å². The molecule has 1 fully saturated rings. The van der Waals surface area contributed by atoms with Crippen molar-refractivity contribution in [1.29, 1.82) is 0 Å². The maximum absolute atomic E-state index is 13.3. The summed E-state index contributed by atoms with van der Waals surface area (Å²) in [5.74, 6) is -0.514. The van der Waals surface area contributed by atoms with Crippen molar-refractivity contribution in [2.24, 2.45) is 0 Å². The minimum atomic E-state index is -1.03. The van der Waals surface area contributed by atoms with Crippen LogP contribution in [0.25, 0.3) is 11.7 Å². The predicted octanol–water partition coefficient (Wildman–Crippen LogP) is 2.88. The molecule has 32 heavy (non-hydrogen) atoms. The summed E-state index contributed by atoms with van der Waals surface area (Å²) in [4.78, 5) is 43.0. The molecule has 3 aromatic heterocycles. The van der Waals surface area contributed by atoms with Crippen molar-refractivity contribution < 1.29 is 19.1 Å². The summed E-state index contributed by atoms with van der Waals surface area (Å²) in [6.07, 6.45) is 4.45. The van der Waals surface area contributed by atoms with Crippen LogP contribution in [-0.2, 0) is 16.1 Å². The molecule has 0 saturated carbocycles. The molecule has 1 aliphatic rings. The van der Waals surface area contributed by atoms with Gasteiger partial charge in [0.25, 0.3) is 11.5 Å². The number of fused-ring (bicyclic) bond motifs is 1. The third kappa shape index (κ3) is 4.43. The molecule has 3 aromatic rings. The number of carboxylic acid groups (broad SMARTS) is 1. The van der Waals surface area contributed by atoms with Gasteiger partial charge in [0.2, 0.25) is 0 Å². The molecule has 4 heterocycles. The number of aromatic nitrogens is 2. The lowest BCUT2D eigenvalue weighted by Gasteiger charge is -2.12. The summed E-state index contributed by atoms with van der Waals surface area (Å²) in [5.41, 5.74) is 1.17. The molecular weight excluding hydrogens is 452 g/mol. The Morgan fingerprint density at radius 1 is 1.34 bits per heavy atom. The Morgan fingerprint density at radius 3 is 2.88 bits per heavy atom. The Morgan fingerprint density at radius 2 is 2.16 bits per heavy atom. The summed E-state index contributed by atoms with van der Waals surface area (Å²) in [5, 5.41) is 12.0. The molecule has 1 aliphatic heterocycles. The first-order chi connectivity index (χ1) is 15.3. The number of aryl methyl sites for hydroxylation is 1. The van der Waals surface area contributed by atoms with Gasteiger partial charge in [-0.05, 0) is 36.8 Å². The standard InChI is InChI=1S/C21H18N4O5S2/c1-12-4-5-16-23-18(22-10-13-3-2-8-30-13)14(19(28)25(16)11-12)9-15-20(29)24(21(31)32-15)7-6-17(26)27/h2-5,8-9,11,22H,6-7,10H2,1H3,(H,26,27). The number of furan rings is 1. The smallest absolute Gasteiger partial charge is 0.305 e. The van der Waals surface area contributed by atoms with E-state index in [9.17, 15) is 14.4 Å². The van der Waals surface area contributed by atoms with Gasteiger partial charge in [-0.3, -0.25) is 23.7 Å². The average molecular weight is 471 g/mol. The Kier molecular flexibility index (Phi) is 6.10. The number of thioether (sulfide) groups is 1. The van der Waals surface area contributed by atoms with Gasteiger partial charge in [-0.1, -0.05) is 30.0 Å². The van der Waals surface area contributed by atoms with Gasteiger partial charge in [0.05, 0.1) is 29.7 Å². The van der Waals surface area contributed by atoms with Gasteiger partial charge < -0.3 is 14.8 Å². The number of anilines is 1. The fraction of sp³-hybridized carbons (Fsp3) is 0.190. The van der Waals surface area contributed by atoms with Crippen LogP contribution >= 0.6 is 24.0 Å². The van der Waals surface area contributed by atoms with E-state index in [0.29, 0.717) is 23.8 Å². The first kappa shape index (κ1) is 21.8. The minimum absolute atomic E-state index is 0.0327. The van der Waals surface area contributed by atoms with E-state index in [2.05, 4.69) is 10.3 Å². The van der Waals surface area contributed by atoms with Crippen LogP contribution in [0.3, 0.4) is 0 Å². The van der Waals surface area contributed by atoms with E-state index in [-0.39, 0.29) is 33.3 Å². The van der Waals surface area contributed by atoms with Gasteiger partial charge in [0.1, 0.15) is 21.5 Å². The second-order valence-electron chi connectivity index (χ2n) is 7.02. The second kappa shape index (κ2) is 8.97. The number of aliphatic carboxylic acids is 1. The van der Waals surface area contributed by atoms with Crippen LogP contribution in [0.5, 0.6) is 0 Å². The first-order valence-corrected chi connectivity index (χ1v) is 10.8. The SMILES string of the molecule is Cc1ccc2nc(NCc3ccco3)c(C=C3SC(=S)N(CCC(=O)O)C3=O)c(=O)n2c1. The maximum atomic E-state index is 13.3. The molecule has 0 bridgehead atoms. The van der Waals surface area contributed by atoms with Crippen molar-refractivity contribution in [1.82, 2.24) is 14.3 Å². The molecule has 1 saturated heterocycles. The van der Waals surface area contributed by atoms with Crippen LogP contribution in [0.2, 0.25) is 0 Å². The quantitative estimate of drug-likeness (QED) is 0.397. The van der Waals surface area contributed by atoms with Crippen LogP contribution in [0.1, 0.15) is 23.3 Å². The van der Waals surface area contributed by atoms with E-state index in [4.69, 9.17) is 21.7 Å². The fourth-order valence-corrected chi connectivity index (χ4v) is 4.43. The van der Waals surface area contributed by atoms with E-state index in [1.54, 1.807) is 30.7 Å². The molecule has 11 heteroatoms. The Labute approximate surface area is 191 Å². The number of carboxylic acids is 1. The number of nitrogens with one attached hydrogen (secondary N) is 1. The van der Waals surface area contributed by atoms with Crippen molar-refractivity contribution in [3.05, 3.63) is 68.9 Å². The zero-order valence-corrected chi connectivity index (χ0v) is 18.5. The van der Waals surface area contributed by atoms with Crippen molar-refractivity contribution in [3.8, 4) is 0 Å². The molecule has 0 atom stereocenters. The highest BCUT2D eigenvalue weighted by atomic mass is 32.2. The predicted molar refractivity (Wildman–Crippen MR) is 124 cm³/mol.